The van der Waals surface area contributed by atoms with E-state index in [4.69, 9.17) is 9.47 Å². The molecule has 1 amide bonds. The Kier molecular flexibility index (Phi) is 6.03. The first kappa shape index (κ1) is 22.1. The standard InChI is InChI=1S/C25H35NO5/c1-17(2)13-21(27)26-12-6-10-25(15-26)14-19-23(30-16-25)18-7-4-5-8-20(18)31-24(19,3)11-9-22(28)29/h4-5,7-8,17,19,23H,6,9-16H2,1-3H3,(H,28,29)/t19-,23+,24+,25-/m0/s1. The van der Waals surface area contributed by atoms with Crippen LogP contribution in [0.2, 0.25) is 0 Å². The largest absolute Gasteiger partial charge is 0.487 e. The number of carbonyl (C=O) groups excluding carboxylic acids is 1. The summed E-state index contributed by atoms with van der Waals surface area (Å²) in [6.45, 7) is 8.36. The summed E-state index contributed by atoms with van der Waals surface area (Å²) in [6.07, 6.45) is 3.87. The highest BCUT2D eigenvalue weighted by Crippen LogP contribution is 2.56. The van der Waals surface area contributed by atoms with Gasteiger partial charge in [0, 0.05) is 42.8 Å². The maximum atomic E-state index is 12.8. The number of rotatable bonds is 5. The van der Waals surface area contributed by atoms with Crippen molar-refractivity contribution < 1.29 is 24.2 Å². The van der Waals surface area contributed by atoms with Crippen LogP contribution in [0.25, 0.3) is 0 Å². The Hall–Kier alpha value is -2.08. The molecule has 6 heteroatoms. The lowest BCUT2D eigenvalue weighted by Crippen LogP contribution is -2.57. The molecule has 3 aliphatic rings. The van der Waals surface area contributed by atoms with Crippen molar-refractivity contribution in [3.05, 3.63) is 29.8 Å². The number of carboxylic acids is 1. The molecule has 3 heterocycles. The summed E-state index contributed by atoms with van der Waals surface area (Å²) >= 11 is 0. The number of hydrogen-bond acceptors (Lipinski definition) is 4. The minimum absolute atomic E-state index is 0.0515. The zero-order chi connectivity index (χ0) is 22.2. The zero-order valence-corrected chi connectivity index (χ0v) is 18.9. The molecule has 6 nitrogen and oxygen atoms in total. The van der Waals surface area contributed by atoms with Gasteiger partial charge in [-0.3, -0.25) is 9.59 Å². The molecular formula is C25H35NO5. The molecule has 0 unspecified atom stereocenters. The summed E-state index contributed by atoms with van der Waals surface area (Å²) in [7, 11) is 0. The monoisotopic (exact) mass is 429 g/mol. The third-order valence-corrected chi connectivity index (χ3v) is 7.37. The Morgan fingerprint density at radius 2 is 2.06 bits per heavy atom. The molecule has 1 aromatic carbocycles. The second-order valence-corrected chi connectivity index (χ2v) is 10.4. The fraction of sp³-hybridized carbons (Fsp3) is 0.680. The van der Waals surface area contributed by atoms with E-state index in [2.05, 4.69) is 19.9 Å². The summed E-state index contributed by atoms with van der Waals surface area (Å²) in [5.74, 6) is 0.616. The van der Waals surface area contributed by atoms with Gasteiger partial charge in [0.25, 0.3) is 0 Å². The van der Waals surface area contributed by atoms with Crippen LogP contribution >= 0.6 is 0 Å². The lowest BCUT2D eigenvalue weighted by molar-refractivity contribution is -0.185. The molecule has 0 aromatic heterocycles. The number of piperidine rings is 1. The molecule has 0 bridgehead atoms. The van der Waals surface area contributed by atoms with Crippen LogP contribution in [0.4, 0.5) is 0 Å². The number of nitrogens with zero attached hydrogens (tertiary/aromatic N) is 1. The molecule has 31 heavy (non-hydrogen) atoms. The predicted molar refractivity (Wildman–Crippen MR) is 117 cm³/mol. The maximum absolute atomic E-state index is 12.8. The lowest BCUT2D eigenvalue weighted by Gasteiger charge is -2.55. The van der Waals surface area contributed by atoms with Crippen molar-refractivity contribution in [2.24, 2.45) is 17.3 Å². The van der Waals surface area contributed by atoms with Gasteiger partial charge in [-0.1, -0.05) is 32.0 Å². The van der Waals surface area contributed by atoms with Gasteiger partial charge in [-0.05, 0) is 44.6 Å². The molecule has 2 fully saturated rings. The van der Waals surface area contributed by atoms with Gasteiger partial charge in [0.05, 0.1) is 12.7 Å². The number of aliphatic carboxylic acids is 1. The minimum atomic E-state index is -0.810. The Balaban J connectivity index is 1.60. The van der Waals surface area contributed by atoms with Crippen LogP contribution in [0, 0.1) is 17.3 Å². The number of benzene rings is 1. The van der Waals surface area contributed by atoms with Gasteiger partial charge in [-0.25, -0.2) is 0 Å². The Labute approximate surface area is 184 Å². The van der Waals surface area contributed by atoms with Gasteiger partial charge in [-0.15, -0.1) is 0 Å². The van der Waals surface area contributed by atoms with Crippen LogP contribution in [-0.4, -0.2) is 47.2 Å². The van der Waals surface area contributed by atoms with Gasteiger partial charge in [0.15, 0.2) is 0 Å². The van der Waals surface area contributed by atoms with Gasteiger partial charge >= 0.3 is 5.97 Å². The van der Waals surface area contributed by atoms with E-state index in [9.17, 15) is 14.7 Å². The van der Waals surface area contributed by atoms with E-state index in [0.717, 1.165) is 43.7 Å². The SMILES string of the molecule is CC(C)CC(=O)N1CCC[C@@]2(CO[C@@H]3c4ccccc4O[C@](C)(CCC(=O)O)[C@H]3C2)C1. The van der Waals surface area contributed by atoms with E-state index in [1.807, 2.05) is 30.0 Å². The molecule has 170 valence electrons. The zero-order valence-electron chi connectivity index (χ0n) is 18.9. The molecule has 3 aliphatic heterocycles. The lowest BCUT2D eigenvalue weighted by atomic mass is 9.64. The van der Waals surface area contributed by atoms with Crippen molar-refractivity contribution in [3.8, 4) is 5.75 Å². The van der Waals surface area contributed by atoms with Crippen LogP contribution in [0.15, 0.2) is 24.3 Å². The van der Waals surface area contributed by atoms with Crippen molar-refractivity contribution in [2.75, 3.05) is 19.7 Å². The molecular weight excluding hydrogens is 394 g/mol. The maximum Gasteiger partial charge on any atom is 0.303 e. The topological polar surface area (TPSA) is 76.1 Å². The number of ether oxygens (including phenoxy) is 2. The first-order valence-electron chi connectivity index (χ1n) is 11.6. The molecule has 4 rings (SSSR count). The molecule has 0 aliphatic carbocycles. The highest BCUT2D eigenvalue weighted by molar-refractivity contribution is 5.76. The summed E-state index contributed by atoms with van der Waals surface area (Å²) < 4.78 is 13.0. The number of carboxylic acid groups (broad SMARTS) is 1. The molecule has 1 spiro atoms. The minimum Gasteiger partial charge on any atom is -0.487 e. The third kappa shape index (κ3) is 4.45. The average Bonchev–Trinajstić information content (AvgIpc) is 2.72. The smallest absolute Gasteiger partial charge is 0.303 e. The summed E-state index contributed by atoms with van der Waals surface area (Å²) in [4.78, 5) is 26.2. The van der Waals surface area contributed by atoms with Crippen molar-refractivity contribution in [1.82, 2.24) is 4.90 Å². The van der Waals surface area contributed by atoms with Crippen LogP contribution < -0.4 is 4.74 Å². The van der Waals surface area contributed by atoms with Crippen molar-refractivity contribution >= 4 is 11.9 Å². The van der Waals surface area contributed by atoms with E-state index in [1.54, 1.807) is 0 Å². The number of fused-ring (bicyclic) bond motifs is 3. The van der Waals surface area contributed by atoms with Gasteiger partial charge in [-0.2, -0.15) is 0 Å². The van der Waals surface area contributed by atoms with Crippen LogP contribution in [0.3, 0.4) is 0 Å². The fourth-order valence-corrected chi connectivity index (χ4v) is 5.77. The number of amides is 1. The van der Waals surface area contributed by atoms with Crippen molar-refractivity contribution in [1.29, 1.82) is 0 Å². The van der Waals surface area contributed by atoms with Gasteiger partial charge in [0.2, 0.25) is 5.91 Å². The van der Waals surface area contributed by atoms with Crippen LogP contribution in [-0.2, 0) is 14.3 Å². The van der Waals surface area contributed by atoms with E-state index in [1.165, 1.54) is 0 Å². The summed E-state index contributed by atoms with van der Waals surface area (Å²) in [5, 5.41) is 9.33. The Morgan fingerprint density at radius 1 is 1.29 bits per heavy atom. The Morgan fingerprint density at radius 3 is 2.81 bits per heavy atom. The molecule has 1 N–H and O–H groups in total. The van der Waals surface area contributed by atoms with Crippen molar-refractivity contribution in [2.45, 2.75) is 71.0 Å². The van der Waals surface area contributed by atoms with Crippen LogP contribution in [0.1, 0.15) is 71.0 Å². The first-order valence-corrected chi connectivity index (χ1v) is 11.6. The van der Waals surface area contributed by atoms with Crippen molar-refractivity contribution in [3.63, 3.8) is 0 Å². The molecule has 4 atom stereocenters. The second-order valence-electron chi connectivity index (χ2n) is 10.4. The van der Waals surface area contributed by atoms with Gasteiger partial charge in [0.1, 0.15) is 11.4 Å². The van der Waals surface area contributed by atoms with E-state index in [0.29, 0.717) is 25.4 Å². The molecule has 0 saturated carbocycles. The molecule has 2 saturated heterocycles. The number of hydrogen-bond donors (Lipinski definition) is 1. The predicted octanol–water partition coefficient (Wildman–Crippen LogP) is 4.44. The van der Waals surface area contributed by atoms with E-state index >= 15 is 0 Å². The van der Waals surface area contributed by atoms with Gasteiger partial charge < -0.3 is 19.5 Å². The first-order chi connectivity index (χ1) is 14.7. The number of para-hydroxylation sites is 1. The number of likely N-dealkylation sites (tertiary alicyclic amines) is 1. The average molecular weight is 430 g/mol. The number of carbonyl (C=O) groups is 2. The van der Waals surface area contributed by atoms with Crippen LogP contribution in [0.5, 0.6) is 5.75 Å². The quantitative estimate of drug-likeness (QED) is 0.749. The molecule has 1 aromatic rings. The Bertz CT molecular complexity index is 839. The summed E-state index contributed by atoms with van der Waals surface area (Å²) in [5.41, 5.74) is 0.347. The third-order valence-electron chi connectivity index (χ3n) is 7.37. The second kappa shape index (κ2) is 8.45. The summed E-state index contributed by atoms with van der Waals surface area (Å²) in [6, 6.07) is 7.95. The van der Waals surface area contributed by atoms with E-state index in [-0.39, 0.29) is 29.8 Å². The fourth-order valence-electron chi connectivity index (χ4n) is 5.77. The van der Waals surface area contributed by atoms with E-state index < -0.39 is 11.6 Å². The molecule has 0 radical (unpaired) electrons. The highest BCUT2D eigenvalue weighted by Gasteiger charge is 2.54. The highest BCUT2D eigenvalue weighted by atomic mass is 16.5. The normalized spacial score (nSPS) is 32.3.